The maximum Gasteiger partial charge on any atom is 0.236 e. The van der Waals surface area contributed by atoms with Crippen molar-refractivity contribution in [3.05, 3.63) is 53.7 Å². The van der Waals surface area contributed by atoms with Gasteiger partial charge in [-0.25, -0.2) is 13.4 Å². The third kappa shape index (κ3) is 5.21. The minimum atomic E-state index is -3.49. The first-order valence-electron chi connectivity index (χ1n) is 8.57. The Balaban J connectivity index is 1.51. The van der Waals surface area contributed by atoms with Gasteiger partial charge in [0.15, 0.2) is 5.16 Å². The maximum atomic E-state index is 12.5. The largest absolute Gasteiger partial charge is 0.339 e. The summed E-state index contributed by atoms with van der Waals surface area (Å²) in [7, 11) is -1.61. The number of thioether (sulfide) groups is 1. The molecule has 1 saturated heterocycles. The highest BCUT2D eigenvalue weighted by Crippen LogP contribution is 2.17. The number of imidazole rings is 1. The lowest BCUT2D eigenvalue weighted by molar-refractivity contribution is -0.129. The quantitative estimate of drug-likeness (QED) is 0.682. The second-order valence-electron chi connectivity index (χ2n) is 6.15. The molecule has 0 radical (unpaired) electrons. The molecule has 27 heavy (non-hydrogen) atoms. The molecule has 0 atom stereocenters. The highest BCUT2D eigenvalue weighted by Gasteiger charge is 2.27. The highest BCUT2D eigenvalue weighted by atomic mass is 32.2. The Morgan fingerprint density at radius 3 is 2.52 bits per heavy atom. The number of sulfonamides is 1. The number of aryl methyl sites for hydroxylation is 1. The van der Waals surface area contributed by atoms with E-state index >= 15 is 0 Å². The minimum Gasteiger partial charge on any atom is -0.339 e. The van der Waals surface area contributed by atoms with Crippen molar-refractivity contribution < 1.29 is 13.2 Å². The fraction of sp³-hybridized carbons (Fsp3) is 0.333. The molecule has 0 N–H and O–H groups in total. The van der Waals surface area contributed by atoms with Crippen LogP contribution in [0.5, 0.6) is 0 Å². The molecule has 0 bridgehead atoms. The average molecular weight is 407 g/mol. The van der Waals surface area contributed by atoms with Crippen LogP contribution < -0.4 is 0 Å². The van der Waals surface area contributed by atoms with Crippen LogP contribution in [0.25, 0.3) is 6.08 Å². The van der Waals surface area contributed by atoms with Crippen molar-refractivity contribution in [1.82, 2.24) is 18.8 Å². The van der Waals surface area contributed by atoms with Gasteiger partial charge >= 0.3 is 0 Å². The molecule has 1 aliphatic rings. The number of aromatic nitrogens is 2. The zero-order valence-corrected chi connectivity index (χ0v) is 16.7. The Labute approximate surface area is 163 Å². The molecular weight excluding hydrogens is 384 g/mol. The number of carbonyl (C=O) groups excluding carboxylic acids is 1. The number of carbonyl (C=O) groups is 1. The van der Waals surface area contributed by atoms with Crippen molar-refractivity contribution in [2.24, 2.45) is 7.05 Å². The molecule has 144 valence electrons. The van der Waals surface area contributed by atoms with E-state index in [-0.39, 0.29) is 5.91 Å². The molecule has 1 aromatic heterocycles. The number of piperazine rings is 1. The van der Waals surface area contributed by atoms with Crippen molar-refractivity contribution in [3.63, 3.8) is 0 Å². The second-order valence-corrected chi connectivity index (χ2v) is 8.91. The van der Waals surface area contributed by atoms with Gasteiger partial charge in [-0.3, -0.25) is 4.79 Å². The molecule has 0 saturated carbocycles. The monoisotopic (exact) mass is 406 g/mol. The first kappa shape index (κ1) is 19.7. The average Bonchev–Trinajstić information content (AvgIpc) is 3.10. The summed E-state index contributed by atoms with van der Waals surface area (Å²) in [5.41, 5.74) is 0.834. The van der Waals surface area contributed by atoms with Crippen LogP contribution in [0.1, 0.15) is 5.56 Å². The lowest BCUT2D eigenvalue weighted by Crippen LogP contribution is -2.50. The topological polar surface area (TPSA) is 75.5 Å². The molecular formula is C18H22N4O3S2. The van der Waals surface area contributed by atoms with Crippen LogP contribution in [0.15, 0.2) is 53.3 Å². The fourth-order valence-electron chi connectivity index (χ4n) is 2.72. The van der Waals surface area contributed by atoms with Crippen molar-refractivity contribution >= 4 is 33.8 Å². The zero-order valence-electron chi connectivity index (χ0n) is 15.1. The van der Waals surface area contributed by atoms with Gasteiger partial charge in [-0.2, -0.15) is 4.31 Å². The number of rotatable bonds is 6. The summed E-state index contributed by atoms with van der Waals surface area (Å²) in [5, 5.41) is 2.02. The number of amides is 1. The number of nitrogens with zero attached hydrogens (tertiary/aromatic N) is 4. The van der Waals surface area contributed by atoms with E-state index in [9.17, 15) is 13.2 Å². The molecule has 0 aliphatic carbocycles. The fourth-order valence-corrected chi connectivity index (χ4v) is 4.72. The van der Waals surface area contributed by atoms with Crippen molar-refractivity contribution in [1.29, 1.82) is 0 Å². The third-order valence-corrected chi connectivity index (χ3v) is 6.89. The lowest BCUT2D eigenvalue weighted by atomic mass is 10.2. The summed E-state index contributed by atoms with van der Waals surface area (Å²) < 4.78 is 28.2. The van der Waals surface area contributed by atoms with Gasteiger partial charge in [0.2, 0.25) is 15.9 Å². The number of benzene rings is 1. The summed E-state index contributed by atoms with van der Waals surface area (Å²) in [6.45, 7) is 1.41. The first-order valence-corrected chi connectivity index (χ1v) is 11.1. The highest BCUT2D eigenvalue weighted by molar-refractivity contribution is 7.99. The zero-order chi connectivity index (χ0) is 19.3. The molecule has 1 amide bonds. The Morgan fingerprint density at radius 1 is 1.19 bits per heavy atom. The molecule has 3 rings (SSSR count). The Bertz CT molecular complexity index is 902. The minimum absolute atomic E-state index is 0.000115. The van der Waals surface area contributed by atoms with Gasteiger partial charge in [-0.05, 0) is 11.6 Å². The van der Waals surface area contributed by atoms with Crippen LogP contribution in [-0.4, -0.2) is 65.0 Å². The predicted molar refractivity (Wildman–Crippen MR) is 106 cm³/mol. The van der Waals surface area contributed by atoms with Crippen LogP contribution >= 0.6 is 11.8 Å². The van der Waals surface area contributed by atoms with E-state index in [0.29, 0.717) is 31.9 Å². The normalized spacial score (nSPS) is 16.1. The van der Waals surface area contributed by atoms with E-state index < -0.39 is 10.0 Å². The molecule has 1 aliphatic heterocycles. The van der Waals surface area contributed by atoms with Gasteiger partial charge in [0.25, 0.3) is 0 Å². The third-order valence-electron chi connectivity index (χ3n) is 4.28. The van der Waals surface area contributed by atoms with Gasteiger partial charge in [0, 0.05) is 51.0 Å². The van der Waals surface area contributed by atoms with E-state index in [1.165, 1.54) is 21.5 Å². The van der Waals surface area contributed by atoms with E-state index in [4.69, 9.17) is 0 Å². The van der Waals surface area contributed by atoms with Crippen LogP contribution in [0.3, 0.4) is 0 Å². The van der Waals surface area contributed by atoms with Gasteiger partial charge in [-0.1, -0.05) is 42.1 Å². The van der Waals surface area contributed by atoms with Gasteiger partial charge in [0.1, 0.15) is 0 Å². The predicted octanol–water partition coefficient (Wildman–Crippen LogP) is 1.66. The van der Waals surface area contributed by atoms with Crippen LogP contribution in [0.4, 0.5) is 0 Å². The molecule has 2 aromatic rings. The van der Waals surface area contributed by atoms with E-state index in [1.54, 1.807) is 17.2 Å². The van der Waals surface area contributed by atoms with Gasteiger partial charge < -0.3 is 9.47 Å². The van der Waals surface area contributed by atoms with E-state index in [0.717, 1.165) is 10.7 Å². The summed E-state index contributed by atoms with van der Waals surface area (Å²) in [4.78, 5) is 18.3. The van der Waals surface area contributed by atoms with Gasteiger partial charge in [0.05, 0.1) is 5.75 Å². The summed E-state index contributed by atoms with van der Waals surface area (Å²) in [5.74, 6) is 0.297. The SMILES string of the molecule is Cn1ccnc1SCC(=O)N1CCN(S(=O)(=O)/C=C/c2ccccc2)CC1. The summed E-state index contributed by atoms with van der Waals surface area (Å²) in [6, 6.07) is 9.30. The van der Waals surface area contributed by atoms with Gasteiger partial charge in [-0.15, -0.1) is 0 Å². The first-order chi connectivity index (χ1) is 13.0. The smallest absolute Gasteiger partial charge is 0.236 e. The molecule has 1 fully saturated rings. The summed E-state index contributed by atoms with van der Waals surface area (Å²) >= 11 is 1.39. The Morgan fingerprint density at radius 2 is 1.89 bits per heavy atom. The number of hydrogen-bond acceptors (Lipinski definition) is 5. The maximum absolute atomic E-state index is 12.5. The molecule has 0 spiro atoms. The molecule has 1 aromatic carbocycles. The van der Waals surface area contributed by atoms with Crippen LogP contribution in [0, 0.1) is 0 Å². The molecule has 2 heterocycles. The van der Waals surface area contributed by atoms with Crippen molar-refractivity contribution in [2.75, 3.05) is 31.9 Å². The Hall–Kier alpha value is -2.10. The lowest BCUT2D eigenvalue weighted by Gasteiger charge is -2.33. The van der Waals surface area contributed by atoms with Crippen LogP contribution in [-0.2, 0) is 21.9 Å². The van der Waals surface area contributed by atoms with Crippen LogP contribution in [0.2, 0.25) is 0 Å². The van der Waals surface area contributed by atoms with E-state index in [2.05, 4.69) is 4.98 Å². The summed E-state index contributed by atoms with van der Waals surface area (Å²) in [6.07, 6.45) is 5.12. The molecule has 0 unspecified atom stereocenters. The second kappa shape index (κ2) is 8.73. The van der Waals surface area contributed by atoms with Crippen molar-refractivity contribution in [3.8, 4) is 0 Å². The molecule has 7 nitrogen and oxygen atoms in total. The number of hydrogen-bond donors (Lipinski definition) is 0. The van der Waals surface area contributed by atoms with E-state index in [1.807, 2.05) is 48.1 Å². The molecule has 9 heteroatoms. The standard InChI is InChI=1S/C18H22N4O3S2/c1-20-9-8-19-18(20)26-15-17(23)21-10-12-22(13-11-21)27(24,25)14-7-16-5-3-2-4-6-16/h2-9,14H,10-13,15H2,1H3/b14-7+. The van der Waals surface area contributed by atoms with Crippen molar-refractivity contribution in [2.45, 2.75) is 5.16 Å². The Kier molecular flexibility index (Phi) is 6.35.